The summed E-state index contributed by atoms with van der Waals surface area (Å²) >= 11 is 0. The highest BCUT2D eigenvalue weighted by molar-refractivity contribution is 7.89. The monoisotopic (exact) mass is 554 g/mol. The number of fused-ring (bicyclic) bond motifs is 1. The minimum Gasteiger partial charge on any atom is -0.383 e. The van der Waals surface area contributed by atoms with Crippen LogP contribution in [0.4, 0.5) is 4.39 Å². The van der Waals surface area contributed by atoms with Crippen LogP contribution in [0.1, 0.15) is 97.8 Å². The first-order valence-electron chi connectivity index (χ1n) is 16.1. The van der Waals surface area contributed by atoms with Gasteiger partial charge in [-0.2, -0.15) is 0 Å². The van der Waals surface area contributed by atoms with Crippen LogP contribution in [-0.2, 0) is 14.8 Å². The van der Waals surface area contributed by atoms with E-state index >= 15 is 0 Å². The third-order valence-electron chi connectivity index (χ3n) is 12.1. The largest absolute Gasteiger partial charge is 0.383 e. The molecule has 2 heterocycles. The molecule has 5 nitrogen and oxygen atoms in total. The average molecular weight is 555 g/mol. The first-order valence-corrected chi connectivity index (χ1v) is 17.6. The summed E-state index contributed by atoms with van der Waals surface area (Å²) in [5.41, 5.74) is 0. The highest BCUT2D eigenvalue weighted by Gasteiger charge is 2.54. The quantitative estimate of drug-likeness (QED) is 0.396. The Bertz CT molecular complexity index is 878. The summed E-state index contributed by atoms with van der Waals surface area (Å²) < 4.78 is 49.9. The van der Waals surface area contributed by atoms with Gasteiger partial charge >= 0.3 is 0 Å². The maximum absolute atomic E-state index is 14.3. The first kappa shape index (κ1) is 29.3. The number of hydrogen-bond donors (Lipinski definition) is 0. The van der Waals surface area contributed by atoms with E-state index in [9.17, 15) is 12.8 Å². The lowest BCUT2D eigenvalue weighted by Gasteiger charge is -2.60. The SMILES string of the molecule is COC[C@@H]1[C@@H](C2CCC(C3CCC(F)C(C)C3C)CC2)C2CN(S(=O)(=O)C3CCCCC3C)CCCCN21. The van der Waals surface area contributed by atoms with Crippen molar-refractivity contribution in [3.05, 3.63) is 0 Å². The summed E-state index contributed by atoms with van der Waals surface area (Å²) in [6.07, 6.45) is 12.3. The molecule has 5 fully saturated rings. The van der Waals surface area contributed by atoms with E-state index in [1.165, 1.54) is 32.1 Å². The van der Waals surface area contributed by atoms with Crippen molar-refractivity contribution in [3.63, 3.8) is 0 Å². The van der Waals surface area contributed by atoms with Crippen molar-refractivity contribution >= 4 is 10.0 Å². The number of sulfonamides is 1. The van der Waals surface area contributed by atoms with Crippen LogP contribution < -0.4 is 0 Å². The Morgan fingerprint density at radius 3 is 2.21 bits per heavy atom. The van der Waals surface area contributed by atoms with E-state index in [1.54, 1.807) is 0 Å². The fraction of sp³-hybridized carbons (Fsp3) is 1.00. The molecule has 7 unspecified atom stereocenters. The maximum atomic E-state index is 14.3. The maximum Gasteiger partial charge on any atom is 0.217 e. The summed E-state index contributed by atoms with van der Waals surface area (Å²) in [7, 11) is -1.46. The molecule has 0 aromatic heterocycles. The van der Waals surface area contributed by atoms with Gasteiger partial charge in [0.05, 0.1) is 11.9 Å². The molecule has 220 valence electrons. The Kier molecular flexibility index (Phi) is 9.49. The van der Waals surface area contributed by atoms with Gasteiger partial charge < -0.3 is 4.74 Å². The molecule has 2 aliphatic heterocycles. The van der Waals surface area contributed by atoms with Crippen LogP contribution in [-0.4, -0.2) is 74.5 Å². The van der Waals surface area contributed by atoms with Gasteiger partial charge in [0, 0.05) is 32.3 Å². The van der Waals surface area contributed by atoms with Crippen molar-refractivity contribution in [3.8, 4) is 0 Å². The van der Waals surface area contributed by atoms with E-state index < -0.39 is 16.2 Å². The van der Waals surface area contributed by atoms with Crippen LogP contribution in [0.5, 0.6) is 0 Å². The third kappa shape index (κ3) is 5.61. The molecule has 0 aromatic carbocycles. The minimum atomic E-state index is -3.27. The molecule has 0 radical (unpaired) electrons. The Balaban J connectivity index is 1.28. The number of halogens is 1. The molecular weight excluding hydrogens is 499 g/mol. The van der Waals surface area contributed by atoms with Gasteiger partial charge in [0.15, 0.2) is 0 Å². The zero-order valence-electron chi connectivity index (χ0n) is 24.6. The molecule has 38 heavy (non-hydrogen) atoms. The van der Waals surface area contributed by atoms with Crippen molar-refractivity contribution < 1.29 is 17.5 Å². The third-order valence-corrected chi connectivity index (χ3v) is 14.7. The van der Waals surface area contributed by atoms with Gasteiger partial charge in [-0.25, -0.2) is 17.1 Å². The van der Waals surface area contributed by atoms with Gasteiger partial charge in [0.2, 0.25) is 10.0 Å². The highest BCUT2D eigenvalue weighted by Crippen LogP contribution is 2.50. The molecule has 0 spiro atoms. The molecule has 2 saturated heterocycles. The summed E-state index contributed by atoms with van der Waals surface area (Å²) in [5, 5.41) is -0.198. The Hall–Kier alpha value is -0.240. The summed E-state index contributed by atoms with van der Waals surface area (Å²) in [6, 6.07) is 0.746. The molecule has 9 atom stereocenters. The van der Waals surface area contributed by atoms with Crippen LogP contribution in [0.3, 0.4) is 0 Å². The predicted octanol–water partition coefficient (Wildman–Crippen LogP) is 6.13. The summed E-state index contributed by atoms with van der Waals surface area (Å²) in [5.74, 6) is 3.51. The number of nitrogens with zero attached hydrogens (tertiary/aromatic N) is 2. The topological polar surface area (TPSA) is 49.9 Å². The molecular formula is C31H55FN2O3S. The fourth-order valence-corrected chi connectivity index (χ4v) is 12.0. The van der Waals surface area contributed by atoms with Crippen LogP contribution >= 0.6 is 0 Å². The molecule has 0 bridgehead atoms. The number of ether oxygens (including phenoxy) is 1. The van der Waals surface area contributed by atoms with Gasteiger partial charge in [-0.3, -0.25) is 4.90 Å². The lowest BCUT2D eigenvalue weighted by atomic mass is 9.60. The standard InChI is InChI=1S/C31H55FN2O3S/c1-21-9-5-6-10-30(21)38(35,36)33-17-7-8-18-34-28(19-33)31(29(34)20-37-4)25-13-11-24(12-14-25)26-15-16-27(32)23(3)22(26)2/h21-31H,5-20H2,1-4H3/t21?,22?,23?,24?,25?,26?,27?,28?,29-,30?,31+/m1/s1. The number of methoxy groups -OCH3 is 1. The Morgan fingerprint density at radius 2 is 1.50 bits per heavy atom. The van der Waals surface area contributed by atoms with Crippen molar-refractivity contribution in [2.45, 2.75) is 121 Å². The Labute approximate surface area is 232 Å². The number of rotatable bonds is 6. The number of alkyl halides is 1. The molecule has 5 aliphatic rings. The number of hydrogen-bond acceptors (Lipinski definition) is 4. The molecule has 0 amide bonds. The second-order valence-electron chi connectivity index (χ2n) is 14.0. The van der Waals surface area contributed by atoms with E-state index in [1.807, 2.05) is 11.4 Å². The molecule has 0 aromatic rings. The molecule has 0 N–H and O–H groups in total. The van der Waals surface area contributed by atoms with Gasteiger partial charge in [0.25, 0.3) is 0 Å². The van der Waals surface area contributed by atoms with E-state index in [0.717, 1.165) is 64.0 Å². The average Bonchev–Trinajstić information content (AvgIpc) is 2.89. The van der Waals surface area contributed by atoms with Gasteiger partial charge in [-0.1, -0.05) is 33.6 Å². The van der Waals surface area contributed by atoms with E-state index in [2.05, 4.69) is 25.7 Å². The van der Waals surface area contributed by atoms with Crippen LogP contribution in [0.15, 0.2) is 0 Å². The predicted molar refractivity (Wildman–Crippen MR) is 152 cm³/mol. The van der Waals surface area contributed by atoms with Crippen molar-refractivity contribution in [2.75, 3.05) is 33.4 Å². The lowest BCUT2D eigenvalue weighted by molar-refractivity contribution is -0.128. The van der Waals surface area contributed by atoms with E-state index in [-0.39, 0.29) is 17.1 Å². The summed E-state index contributed by atoms with van der Waals surface area (Å²) in [4.78, 5) is 2.61. The smallest absolute Gasteiger partial charge is 0.217 e. The fourth-order valence-electron chi connectivity index (χ4n) is 9.66. The first-order chi connectivity index (χ1) is 18.2. The van der Waals surface area contributed by atoms with Crippen molar-refractivity contribution in [2.24, 2.45) is 41.4 Å². The molecule has 3 aliphatic carbocycles. The van der Waals surface area contributed by atoms with Gasteiger partial charge in [-0.15, -0.1) is 0 Å². The van der Waals surface area contributed by atoms with Crippen LogP contribution in [0.25, 0.3) is 0 Å². The lowest BCUT2D eigenvalue weighted by Crippen LogP contribution is -2.71. The molecule has 7 heteroatoms. The molecule has 5 rings (SSSR count). The van der Waals surface area contributed by atoms with E-state index in [4.69, 9.17) is 4.74 Å². The highest BCUT2D eigenvalue weighted by atomic mass is 32.2. The minimum absolute atomic E-state index is 0.187. The van der Waals surface area contributed by atoms with Gasteiger partial charge in [-0.05, 0) is 112 Å². The van der Waals surface area contributed by atoms with Crippen molar-refractivity contribution in [1.82, 2.24) is 9.21 Å². The normalized spacial score (nSPS) is 46.0. The van der Waals surface area contributed by atoms with Crippen molar-refractivity contribution in [1.29, 1.82) is 0 Å². The van der Waals surface area contributed by atoms with Crippen LogP contribution in [0, 0.1) is 41.4 Å². The Morgan fingerprint density at radius 1 is 0.816 bits per heavy atom. The zero-order chi connectivity index (χ0) is 27.0. The molecule has 3 saturated carbocycles. The summed E-state index contributed by atoms with van der Waals surface area (Å²) in [6.45, 7) is 9.75. The second kappa shape index (κ2) is 12.3. The zero-order valence-corrected chi connectivity index (χ0v) is 25.4. The van der Waals surface area contributed by atoms with Gasteiger partial charge in [0.1, 0.15) is 6.17 Å². The van der Waals surface area contributed by atoms with E-state index in [0.29, 0.717) is 48.8 Å². The van der Waals surface area contributed by atoms with Crippen LogP contribution in [0.2, 0.25) is 0 Å². The second-order valence-corrected chi connectivity index (χ2v) is 16.1.